The minimum atomic E-state index is 0.0570. The maximum Gasteiger partial charge on any atom is 0.139 e. The molecular formula is C20H28O2. The van der Waals surface area contributed by atoms with Crippen molar-refractivity contribution < 1.29 is 9.53 Å². The van der Waals surface area contributed by atoms with Crippen molar-refractivity contribution in [1.82, 2.24) is 0 Å². The van der Waals surface area contributed by atoms with E-state index in [1.807, 2.05) is 0 Å². The smallest absolute Gasteiger partial charge is 0.139 e. The topological polar surface area (TPSA) is 26.3 Å². The number of allylic oxidation sites excluding steroid dienone is 3. The summed E-state index contributed by atoms with van der Waals surface area (Å²) >= 11 is 0. The van der Waals surface area contributed by atoms with Crippen LogP contribution in [0.4, 0.5) is 0 Å². The molecule has 0 aromatic heterocycles. The Hall–Kier alpha value is -1.05. The van der Waals surface area contributed by atoms with Gasteiger partial charge in [-0.15, -0.1) is 0 Å². The van der Waals surface area contributed by atoms with Crippen LogP contribution in [0.5, 0.6) is 0 Å². The van der Waals surface area contributed by atoms with E-state index < -0.39 is 0 Å². The number of carbonyl (C=O) groups is 1. The summed E-state index contributed by atoms with van der Waals surface area (Å²) in [5, 5.41) is 0. The molecule has 0 heterocycles. The second-order valence-electron chi connectivity index (χ2n) is 7.81. The van der Waals surface area contributed by atoms with Gasteiger partial charge in [-0.2, -0.15) is 0 Å². The number of methoxy groups -OCH3 is 1. The van der Waals surface area contributed by atoms with Crippen LogP contribution in [0, 0.1) is 23.2 Å². The third-order valence-electron chi connectivity index (χ3n) is 7.39. The van der Waals surface area contributed by atoms with Gasteiger partial charge in [-0.05, 0) is 68.8 Å². The van der Waals surface area contributed by atoms with Crippen LogP contribution in [0.3, 0.4) is 0 Å². The summed E-state index contributed by atoms with van der Waals surface area (Å²) in [5.74, 6) is 3.95. The van der Waals surface area contributed by atoms with Crippen molar-refractivity contribution >= 4 is 5.78 Å². The fourth-order valence-corrected chi connectivity index (χ4v) is 6.27. The highest BCUT2D eigenvalue weighted by atomic mass is 16.5. The van der Waals surface area contributed by atoms with E-state index in [-0.39, 0.29) is 5.41 Å². The zero-order valence-electron chi connectivity index (χ0n) is 14.0. The van der Waals surface area contributed by atoms with Crippen molar-refractivity contribution in [3.8, 4) is 0 Å². The largest absolute Gasteiger partial charge is 0.501 e. The fourth-order valence-electron chi connectivity index (χ4n) is 6.27. The Morgan fingerprint density at radius 1 is 1.27 bits per heavy atom. The molecule has 4 aliphatic carbocycles. The molecule has 0 N–H and O–H groups in total. The Morgan fingerprint density at radius 3 is 2.91 bits per heavy atom. The first-order valence-corrected chi connectivity index (χ1v) is 9.16. The van der Waals surface area contributed by atoms with Gasteiger partial charge in [0.25, 0.3) is 0 Å². The summed E-state index contributed by atoms with van der Waals surface area (Å²) in [6.07, 6.45) is 12.4. The maximum absolute atomic E-state index is 12.6. The van der Waals surface area contributed by atoms with Gasteiger partial charge in [-0.1, -0.05) is 18.1 Å². The second-order valence-corrected chi connectivity index (χ2v) is 7.81. The number of rotatable bonds is 2. The number of ether oxygens (including phenoxy) is 1. The molecule has 22 heavy (non-hydrogen) atoms. The van der Waals surface area contributed by atoms with Crippen LogP contribution in [0.2, 0.25) is 0 Å². The lowest BCUT2D eigenvalue weighted by molar-refractivity contribution is -0.131. The molecule has 0 saturated heterocycles. The summed E-state index contributed by atoms with van der Waals surface area (Å²) in [7, 11) is 1.80. The lowest BCUT2D eigenvalue weighted by atomic mass is 9.53. The highest BCUT2D eigenvalue weighted by Gasteiger charge is 2.56. The van der Waals surface area contributed by atoms with Crippen LogP contribution >= 0.6 is 0 Å². The lowest BCUT2D eigenvalue weighted by Gasteiger charge is -2.50. The molecule has 0 amide bonds. The van der Waals surface area contributed by atoms with Gasteiger partial charge in [0.1, 0.15) is 5.78 Å². The second kappa shape index (κ2) is 5.25. The zero-order chi connectivity index (χ0) is 15.3. The van der Waals surface area contributed by atoms with Crippen molar-refractivity contribution in [3.05, 3.63) is 23.0 Å². The van der Waals surface area contributed by atoms with Crippen LogP contribution in [-0.2, 0) is 9.53 Å². The zero-order valence-corrected chi connectivity index (χ0v) is 14.0. The van der Waals surface area contributed by atoms with Crippen molar-refractivity contribution in [2.24, 2.45) is 23.2 Å². The third-order valence-corrected chi connectivity index (χ3v) is 7.39. The molecule has 0 aliphatic heterocycles. The molecule has 2 nitrogen and oxygen atoms in total. The van der Waals surface area contributed by atoms with E-state index in [2.05, 4.69) is 13.0 Å². The van der Waals surface area contributed by atoms with Gasteiger partial charge in [-0.25, -0.2) is 0 Å². The Bertz CT molecular complexity index is 556. The molecular weight excluding hydrogens is 272 g/mol. The number of carbonyl (C=O) groups excluding carboxylic acids is 1. The Kier molecular flexibility index (Phi) is 3.47. The van der Waals surface area contributed by atoms with Gasteiger partial charge in [0.15, 0.2) is 0 Å². The average molecular weight is 300 g/mol. The highest BCUT2D eigenvalue weighted by Crippen LogP contribution is 2.61. The SMILES string of the molecule is CCC12CCC3C4=C(CCC3C1CCC2=O)CC(OC)=CC4. The summed E-state index contributed by atoms with van der Waals surface area (Å²) in [4.78, 5) is 12.6. The number of hydrogen-bond acceptors (Lipinski definition) is 2. The molecule has 0 bridgehead atoms. The van der Waals surface area contributed by atoms with E-state index in [0.29, 0.717) is 11.7 Å². The summed E-state index contributed by atoms with van der Waals surface area (Å²) < 4.78 is 5.48. The summed E-state index contributed by atoms with van der Waals surface area (Å²) in [6.45, 7) is 2.25. The molecule has 4 rings (SSSR count). The predicted molar refractivity (Wildman–Crippen MR) is 87.3 cm³/mol. The van der Waals surface area contributed by atoms with Crippen LogP contribution in [0.15, 0.2) is 23.0 Å². The lowest BCUT2D eigenvalue weighted by Crippen LogP contribution is -2.45. The van der Waals surface area contributed by atoms with E-state index in [0.717, 1.165) is 56.1 Å². The van der Waals surface area contributed by atoms with Gasteiger partial charge in [-0.3, -0.25) is 4.79 Å². The van der Waals surface area contributed by atoms with E-state index >= 15 is 0 Å². The molecule has 2 saturated carbocycles. The average Bonchev–Trinajstić information content (AvgIpc) is 2.91. The normalized spacial score (nSPS) is 40.7. The molecule has 4 unspecified atom stereocenters. The van der Waals surface area contributed by atoms with E-state index in [4.69, 9.17) is 4.74 Å². The first-order valence-electron chi connectivity index (χ1n) is 9.16. The van der Waals surface area contributed by atoms with Gasteiger partial charge in [0, 0.05) is 18.3 Å². The molecule has 0 aromatic carbocycles. The summed E-state index contributed by atoms with van der Waals surface area (Å²) in [6, 6.07) is 0. The monoisotopic (exact) mass is 300 g/mol. The molecule has 4 atom stereocenters. The Morgan fingerprint density at radius 2 is 2.14 bits per heavy atom. The van der Waals surface area contributed by atoms with Crippen molar-refractivity contribution in [2.75, 3.05) is 7.11 Å². The quantitative estimate of drug-likeness (QED) is 0.685. The molecule has 0 spiro atoms. The van der Waals surface area contributed by atoms with Gasteiger partial charge < -0.3 is 4.74 Å². The van der Waals surface area contributed by atoms with Gasteiger partial charge in [0.05, 0.1) is 12.9 Å². The van der Waals surface area contributed by atoms with Crippen LogP contribution in [0.1, 0.15) is 64.7 Å². The number of fused-ring (bicyclic) bond motifs is 4. The first-order chi connectivity index (χ1) is 10.7. The van der Waals surface area contributed by atoms with E-state index in [1.165, 1.54) is 19.3 Å². The molecule has 120 valence electrons. The maximum atomic E-state index is 12.6. The molecule has 2 heteroatoms. The van der Waals surface area contributed by atoms with Crippen LogP contribution in [0.25, 0.3) is 0 Å². The number of hydrogen-bond donors (Lipinski definition) is 0. The van der Waals surface area contributed by atoms with E-state index in [9.17, 15) is 4.79 Å². The van der Waals surface area contributed by atoms with E-state index in [1.54, 1.807) is 18.3 Å². The minimum Gasteiger partial charge on any atom is -0.501 e. The standard InChI is InChI=1S/C20H28O2/c1-3-20-11-10-16-15-7-5-14(22-2)12-13(15)4-6-17(16)18(20)8-9-19(20)21/h5,16-18H,3-4,6-12H2,1-2H3. The minimum absolute atomic E-state index is 0.0570. The Balaban J connectivity index is 1.63. The van der Waals surface area contributed by atoms with Gasteiger partial charge in [0.2, 0.25) is 0 Å². The Labute approximate surface area is 134 Å². The van der Waals surface area contributed by atoms with Crippen LogP contribution < -0.4 is 0 Å². The molecule has 0 radical (unpaired) electrons. The van der Waals surface area contributed by atoms with Gasteiger partial charge >= 0.3 is 0 Å². The van der Waals surface area contributed by atoms with Crippen LogP contribution in [-0.4, -0.2) is 12.9 Å². The first kappa shape index (κ1) is 14.5. The number of ketones is 1. The molecule has 0 aromatic rings. The van der Waals surface area contributed by atoms with Crippen molar-refractivity contribution in [2.45, 2.75) is 64.7 Å². The van der Waals surface area contributed by atoms with Crippen molar-refractivity contribution in [1.29, 1.82) is 0 Å². The highest BCUT2D eigenvalue weighted by molar-refractivity contribution is 5.87. The van der Waals surface area contributed by atoms with Crippen molar-refractivity contribution in [3.63, 3.8) is 0 Å². The number of Topliss-reactive ketones (excluding diaryl/α,β-unsaturated/α-hetero) is 1. The third kappa shape index (κ3) is 1.88. The molecule has 4 aliphatic rings. The summed E-state index contributed by atoms with van der Waals surface area (Å²) in [5.41, 5.74) is 3.44. The molecule has 2 fully saturated rings. The predicted octanol–water partition coefficient (Wildman–Crippen LogP) is 4.80. The fraction of sp³-hybridized carbons (Fsp3) is 0.750.